The van der Waals surface area contributed by atoms with E-state index in [2.05, 4.69) is 10.9 Å². The summed E-state index contributed by atoms with van der Waals surface area (Å²) in [6.45, 7) is 1.75. The first-order valence-corrected chi connectivity index (χ1v) is 3.84. The van der Waals surface area contributed by atoms with Gasteiger partial charge in [0.25, 0.3) is 0 Å². The smallest absolute Gasteiger partial charge is 0.152 e. The predicted molar refractivity (Wildman–Crippen MR) is 48.7 cm³/mol. The van der Waals surface area contributed by atoms with Gasteiger partial charge in [0.15, 0.2) is 5.94 Å². The second kappa shape index (κ2) is 2.54. The maximum Gasteiger partial charge on any atom is 0.152 e. The fourth-order valence-electron chi connectivity index (χ4n) is 1.40. The third-order valence-electron chi connectivity index (χ3n) is 2.11. The Kier molecular flexibility index (Phi) is 1.50. The SMILES string of the molecule is Cc1c(O)ccc2c1C(=C=O)NN2. The van der Waals surface area contributed by atoms with Gasteiger partial charge in [0.2, 0.25) is 0 Å². The molecule has 0 spiro atoms. The molecule has 0 saturated carbocycles. The maximum absolute atomic E-state index is 10.5. The molecule has 66 valence electrons. The van der Waals surface area contributed by atoms with Crippen LogP contribution in [-0.4, -0.2) is 11.0 Å². The van der Waals surface area contributed by atoms with E-state index < -0.39 is 0 Å². The highest BCUT2D eigenvalue weighted by atomic mass is 16.3. The monoisotopic (exact) mass is 176 g/mol. The number of hydrogen-bond donors (Lipinski definition) is 3. The average molecular weight is 176 g/mol. The Labute approximate surface area is 74.9 Å². The van der Waals surface area contributed by atoms with Crippen LogP contribution >= 0.6 is 0 Å². The zero-order valence-electron chi connectivity index (χ0n) is 7.01. The van der Waals surface area contributed by atoms with E-state index in [9.17, 15) is 9.90 Å². The molecule has 4 heteroatoms. The van der Waals surface area contributed by atoms with Gasteiger partial charge >= 0.3 is 0 Å². The summed E-state index contributed by atoms with van der Waals surface area (Å²) in [5.41, 5.74) is 7.97. The minimum absolute atomic E-state index is 0.178. The molecule has 1 aliphatic heterocycles. The van der Waals surface area contributed by atoms with Crippen LogP contribution in [0.4, 0.5) is 5.69 Å². The number of nitrogens with one attached hydrogen (secondary N) is 2. The lowest BCUT2D eigenvalue weighted by molar-refractivity contribution is 0.471. The van der Waals surface area contributed by atoms with Gasteiger partial charge < -0.3 is 5.11 Å². The number of rotatable bonds is 0. The number of carbonyl (C=O) groups excluding carboxylic acids is 1. The quantitative estimate of drug-likeness (QED) is 0.404. The molecule has 1 aromatic rings. The van der Waals surface area contributed by atoms with Gasteiger partial charge in [0.1, 0.15) is 11.4 Å². The third kappa shape index (κ3) is 0.965. The molecule has 4 nitrogen and oxygen atoms in total. The summed E-state index contributed by atoms with van der Waals surface area (Å²) >= 11 is 0. The number of hydrogen-bond acceptors (Lipinski definition) is 4. The van der Waals surface area contributed by atoms with Gasteiger partial charge in [-0.15, -0.1) is 0 Å². The molecule has 0 aromatic heterocycles. The van der Waals surface area contributed by atoms with Crippen LogP contribution in [0.25, 0.3) is 5.70 Å². The summed E-state index contributed by atoms with van der Waals surface area (Å²) in [7, 11) is 0. The molecule has 0 fully saturated rings. The van der Waals surface area contributed by atoms with Gasteiger partial charge in [0.05, 0.1) is 5.69 Å². The highest BCUT2D eigenvalue weighted by molar-refractivity contribution is 5.96. The van der Waals surface area contributed by atoms with Crippen molar-refractivity contribution in [2.75, 3.05) is 5.43 Å². The molecule has 1 aromatic carbocycles. The van der Waals surface area contributed by atoms with E-state index in [1.165, 1.54) is 0 Å². The number of benzene rings is 1. The summed E-state index contributed by atoms with van der Waals surface area (Å²) in [6, 6.07) is 3.28. The summed E-state index contributed by atoms with van der Waals surface area (Å²) in [5.74, 6) is 1.95. The average Bonchev–Trinajstić information content (AvgIpc) is 2.55. The van der Waals surface area contributed by atoms with Crippen molar-refractivity contribution >= 4 is 17.3 Å². The molecule has 0 unspecified atom stereocenters. The Morgan fingerprint density at radius 1 is 1.38 bits per heavy atom. The van der Waals surface area contributed by atoms with Gasteiger partial charge in [-0.25, -0.2) is 4.79 Å². The van der Waals surface area contributed by atoms with Crippen molar-refractivity contribution in [3.8, 4) is 5.75 Å². The van der Waals surface area contributed by atoms with E-state index in [-0.39, 0.29) is 5.75 Å². The molecule has 0 saturated heterocycles. The van der Waals surface area contributed by atoms with Crippen LogP contribution in [0.2, 0.25) is 0 Å². The van der Waals surface area contributed by atoms with E-state index in [1.54, 1.807) is 25.0 Å². The Balaban J connectivity index is 2.75. The van der Waals surface area contributed by atoms with Crippen molar-refractivity contribution in [1.82, 2.24) is 5.43 Å². The van der Waals surface area contributed by atoms with E-state index in [0.29, 0.717) is 16.8 Å². The third-order valence-corrected chi connectivity index (χ3v) is 2.11. The van der Waals surface area contributed by atoms with Crippen LogP contribution in [-0.2, 0) is 4.79 Å². The molecule has 0 atom stereocenters. The van der Waals surface area contributed by atoms with Gasteiger partial charge in [-0.3, -0.25) is 10.9 Å². The van der Waals surface area contributed by atoms with E-state index in [0.717, 1.165) is 5.69 Å². The Morgan fingerprint density at radius 2 is 2.15 bits per heavy atom. The van der Waals surface area contributed by atoms with Crippen LogP contribution in [0.5, 0.6) is 5.75 Å². The molecule has 13 heavy (non-hydrogen) atoms. The lowest BCUT2D eigenvalue weighted by Gasteiger charge is -2.02. The van der Waals surface area contributed by atoms with Crippen molar-refractivity contribution in [3.05, 3.63) is 23.3 Å². The maximum atomic E-state index is 10.5. The van der Waals surface area contributed by atoms with Crippen molar-refractivity contribution in [3.63, 3.8) is 0 Å². The number of aromatic hydroxyl groups is 1. The largest absolute Gasteiger partial charge is 0.508 e. The molecule has 2 rings (SSSR count). The van der Waals surface area contributed by atoms with Gasteiger partial charge in [-0.05, 0) is 19.1 Å². The number of fused-ring (bicyclic) bond motifs is 1. The number of phenolic OH excluding ortho intramolecular Hbond substituents is 1. The number of anilines is 1. The Morgan fingerprint density at radius 3 is 2.85 bits per heavy atom. The summed E-state index contributed by atoms with van der Waals surface area (Å²) in [4.78, 5) is 10.5. The topological polar surface area (TPSA) is 61.4 Å². The van der Waals surface area contributed by atoms with Crippen LogP contribution in [0, 0.1) is 6.92 Å². The first-order chi connectivity index (χ1) is 6.24. The fraction of sp³-hybridized carbons (Fsp3) is 0.111. The molecular formula is C9H8N2O2. The minimum atomic E-state index is 0.178. The second-order valence-electron chi connectivity index (χ2n) is 2.86. The Hall–Kier alpha value is -1.93. The van der Waals surface area contributed by atoms with Crippen LogP contribution in [0.1, 0.15) is 11.1 Å². The molecule has 0 radical (unpaired) electrons. The van der Waals surface area contributed by atoms with E-state index in [1.807, 2.05) is 0 Å². The zero-order valence-corrected chi connectivity index (χ0v) is 7.01. The van der Waals surface area contributed by atoms with Crippen molar-refractivity contribution in [2.24, 2.45) is 0 Å². The first kappa shape index (κ1) is 7.71. The van der Waals surface area contributed by atoms with Crippen LogP contribution < -0.4 is 10.9 Å². The number of hydrazine groups is 1. The molecule has 1 aliphatic rings. The van der Waals surface area contributed by atoms with Gasteiger partial charge in [-0.1, -0.05) is 0 Å². The van der Waals surface area contributed by atoms with E-state index >= 15 is 0 Å². The summed E-state index contributed by atoms with van der Waals surface area (Å²) in [5, 5.41) is 9.40. The van der Waals surface area contributed by atoms with E-state index in [4.69, 9.17) is 0 Å². The molecular weight excluding hydrogens is 168 g/mol. The lowest BCUT2D eigenvalue weighted by atomic mass is 10.0. The lowest BCUT2D eigenvalue weighted by Crippen LogP contribution is -2.10. The van der Waals surface area contributed by atoms with Crippen molar-refractivity contribution in [2.45, 2.75) is 6.92 Å². The normalized spacial score (nSPS) is 12.8. The molecule has 0 bridgehead atoms. The predicted octanol–water partition coefficient (Wildman–Crippen LogP) is 0.803. The van der Waals surface area contributed by atoms with Gasteiger partial charge in [0, 0.05) is 11.1 Å². The summed E-state index contributed by atoms with van der Waals surface area (Å²) < 4.78 is 0. The molecule has 3 N–H and O–H groups in total. The van der Waals surface area contributed by atoms with Crippen molar-refractivity contribution in [1.29, 1.82) is 0 Å². The number of phenols is 1. The second-order valence-corrected chi connectivity index (χ2v) is 2.86. The van der Waals surface area contributed by atoms with Crippen LogP contribution in [0.15, 0.2) is 12.1 Å². The van der Waals surface area contributed by atoms with Crippen molar-refractivity contribution < 1.29 is 9.90 Å². The summed E-state index contributed by atoms with van der Waals surface area (Å²) in [6.07, 6.45) is 0. The fourth-order valence-corrected chi connectivity index (χ4v) is 1.40. The van der Waals surface area contributed by atoms with Gasteiger partial charge in [-0.2, -0.15) is 0 Å². The molecule has 0 amide bonds. The Bertz CT molecular complexity index is 420. The highest BCUT2D eigenvalue weighted by Gasteiger charge is 2.19. The highest BCUT2D eigenvalue weighted by Crippen LogP contribution is 2.33. The minimum Gasteiger partial charge on any atom is -0.508 e. The van der Waals surface area contributed by atoms with Crippen LogP contribution in [0.3, 0.4) is 0 Å². The molecule has 0 aliphatic carbocycles. The molecule has 1 heterocycles. The standard InChI is InChI=1S/C9H8N2O2/c1-5-8(13)3-2-6-9(5)7(4-12)11-10-6/h2-3,10-11,13H,1H3. The zero-order chi connectivity index (χ0) is 9.42. The first-order valence-electron chi connectivity index (χ1n) is 3.84.